The van der Waals surface area contributed by atoms with Crippen LogP contribution in [0.25, 0.3) is 11.3 Å². The zero-order valence-corrected chi connectivity index (χ0v) is 12.4. The summed E-state index contributed by atoms with van der Waals surface area (Å²) in [5.74, 6) is -4.25. The average Bonchev–Trinajstić information content (AvgIpc) is 2.72. The van der Waals surface area contributed by atoms with Gasteiger partial charge >= 0.3 is 0 Å². The van der Waals surface area contributed by atoms with Crippen LogP contribution in [0, 0.1) is 22.4 Å². The predicted molar refractivity (Wildman–Crippen MR) is 75.5 cm³/mol. The molecule has 0 amide bonds. The number of rotatable bonds is 3. The van der Waals surface area contributed by atoms with Gasteiger partial charge in [-0.3, -0.25) is 4.90 Å². The Hall–Kier alpha value is -2.09. The van der Waals surface area contributed by atoms with Gasteiger partial charge in [0.25, 0.3) is 5.69 Å². The van der Waals surface area contributed by atoms with Gasteiger partial charge in [-0.25, -0.2) is 13.2 Å². The van der Waals surface area contributed by atoms with Crippen LogP contribution in [0.2, 0.25) is 0 Å². The molecule has 0 unspecified atom stereocenters. The highest BCUT2D eigenvalue weighted by atomic mass is 19.2. The van der Waals surface area contributed by atoms with Crippen molar-refractivity contribution in [2.24, 2.45) is 0 Å². The Labute approximate surface area is 130 Å². The summed E-state index contributed by atoms with van der Waals surface area (Å²) >= 11 is 0. The standard InChI is InChI=1S/C15H17F3N3O2/c16-11-7-10(8-12(17)14(11)18)15-13(19-23-21(15)22)9-20-5-3-1-2-4-6-20/h7-8,19H,1-6,9H2/q+1. The second kappa shape index (κ2) is 6.57. The van der Waals surface area contributed by atoms with E-state index in [0.29, 0.717) is 12.2 Å². The van der Waals surface area contributed by atoms with Gasteiger partial charge in [0.15, 0.2) is 22.1 Å². The average molecular weight is 328 g/mol. The van der Waals surface area contributed by atoms with Crippen molar-refractivity contribution in [3.05, 3.63) is 40.2 Å². The Morgan fingerprint density at radius 1 is 1.09 bits per heavy atom. The number of likely N-dealkylation sites (tertiary alicyclic amines) is 1. The number of halogens is 3. The molecule has 1 N–H and O–H groups in total. The molecule has 0 bridgehead atoms. The maximum absolute atomic E-state index is 13.4. The smallest absolute Gasteiger partial charge is 0.276 e. The van der Waals surface area contributed by atoms with E-state index in [1.807, 2.05) is 0 Å². The number of aromatic amines is 1. The van der Waals surface area contributed by atoms with E-state index in [0.717, 1.165) is 50.9 Å². The topological polar surface area (TPSA) is 55.1 Å². The van der Waals surface area contributed by atoms with E-state index < -0.39 is 17.5 Å². The second-order valence-electron chi connectivity index (χ2n) is 5.72. The molecular weight excluding hydrogens is 311 g/mol. The highest BCUT2D eigenvalue weighted by Crippen LogP contribution is 2.24. The number of aromatic nitrogens is 2. The highest BCUT2D eigenvalue weighted by molar-refractivity contribution is 5.58. The quantitative estimate of drug-likeness (QED) is 0.881. The van der Waals surface area contributed by atoms with E-state index >= 15 is 0 Å². The van der Waals surface area contributed by atoms with Gasteiger partial charge in [-0.05, 0) is 43.0 Å². The first-order valence-corrected chi connectivity index (χ1v) is 7.57. The van der Waals surface area contributed by atoms with Crippen LogP contribution >= 0.6 is 0 Å². The molecule has 0 saturated carbocycles. The highest BCUT2D eigenvalue weighted by Gasteiger charge is 2.26. The molecule has 0 spiro atoms. The number of hydrogen-bond donors (Lipinski definition) is 1. The summed E-state index contributed by atoms with van der Waals surface area (Å²) in [6.07, 6.45) is 4.44. The molecule has 1 aromatic carbocycles. The molecule has 8 heteroatoms. The van der Waals surface area contributed by atoms with E-state index in [-0.39, 0.29) is 15.9 Å². The number of nitrogens with one attached hydrogen (secondary N) is 1. The van der Waals surface area contributed by atoms with E-state index in [1.54, 1.807) is 0 Å². The Bertz CT molecular complexity index is 726. The first-order valence-electron chi connectivity index (χ1n) is 7.57. The molecule has 2 aromatic rings. The minimum atomic E-state index is -1.56. The molecule has 0 radical (unpaired) electrons. The lowest BCUT2D eigenvalue weighted by molar-refractivity contribution is -0.704. The summed E-state index contributed by atoms with van der Waals surface area (Å²) in [5, 5.41) is 2.49. The SMILES string of the molecule is O=[n+]1o[nH]c(CN2CCCCCC2)c1-c1cc(F)c(F)c(F)c1. The first-order chi connectivity index (χ1) is 11.1. The fourth-order valence-corrected chi connectivity index (χ4v) is 2.90. The normalized spacial score (nSPS) is 16.5. The number of nitrogens with zero attached hydrogens (tertiary/aromatic N) is 2. The van der Waals surface area contributed by atoms with Crippen LogP contribution in [0.3, 0.4) is 0 Å². The van der Waals surface area contributed by atoms with Gasteiger partial charge in [0, 0.05) is 5.56 Å². The molecule has 5 nitrogen and oxygen atoms in total. The van der Waals surface area contributed by atoms with Crippen molar-refractivity contribution in [2.45, 2.75) is 32.2 Å². The molecule has 1 aliphatic rings. The van der Waals surface area contributed by atoms with Crippen LogP contribution < -0.4 is 4.60 Å². The van der Waals surface area contributed by atoms with Crippen molar-refractivity contribution >= 4 is 0 Å². The summed E-state index contributed by atoms with van der Waals surface area (Å²) in [7, 11) is 0. The molecule has 1 fully saturated rings. The monoisotopic (exact) mass is 328 g/mol. The molecule has 0 atom stereocenters. The van der Waals surface area contributed by atoms with Gasteiger partial charge in [-0.15, -0.1) is 0 Å². The molecule has 23 heavy (non-hydrogen) atoms. The van der Waals surface area contributed by atoms with Crippen molar-refractivity contribution in [1.82, 2.24) is 10.1 Å². The third kappa shape index (κ3) is 3.31. The number of benzene rings is 1. The Balaban J connectivity index is 1.94. The molecule has 2 heterocycles. The van der Waals surface area contributed by atoms with E-state index in [1.165, 1.54) is 0 Å². The minimum absolute atomic E-state index is 0.0351. The molecule has 3 rings (SSSR count). The maximum Gasteiger partial charge on any atom is 0.276 e. The van der Waals surface area contributed by atoms with E-state index in [9.17, 15) is 18.1 Å². The van der Waals surface area contributed by atoms with Gasteiger partial charge in [-0.1, -0.05) is 22.6 Å². The van der Waals surface area contributed by atoms with Crippen LogP contribution in [-0.2, 0) is 6.54 Å². The van der Waals surface area contributed by atoms with Gasteiger partial charge < -0.3 is 0 Å². The molecule has 1 aromatic heterocycles. The summed E-state index contributed by atoms with van der Waals surface area (Å²) in [4.78, 5) is 14.0. The zero-order valence-electron chi connectivity index (χ0n) is 12.4. The van der Waals surface area contributed by atoms with Crippen molar-refractivity contribution in [1.29, 1.82) is 0 Å². The van der Waals surface area contributed by atoms with Gasteiger partial charge in [-0.2, -0.15) is 0 Å². The predicted octanol–water partition coefficient (Wildman–Crippen LogP) is 2.98. The fraction of sp³-hybridized carbons (Fsp3) is 0.467. The van der Waals surface area contributed by atoms with Crippen LogP contribution in [0.1, 0.15) is 31.4 Å². The molecule has 0 aliphatic carbocycles. The molecule has 124 valence electrons. The Kier molecular flexibility index (Phi) is 4.51. The summed E-state index contributed by atoms with van der Waals surface area (Å²) in [5.41, 5.74) is 0.311. The Morgan fingerprint density at radius 3 is 2.30 bits per heavy atom. The Morgan fingerprint density at radius 2 is 1.70 bits per heavy atom. The molecular formula is C15H17F3N3O2+. The maximum atomic E-state index is 13.4. The first kappa shape index (κ1) is 15.8. The number of hydrogen-bond acceptors (Lipinski definition) is 3. The molecule has 1 aliphatic heterocycles. The van der Waals surface area contributed by atoms with Crippen LogP contribution in [0.15, 0.2) is 16.8 Å². The van der Waals surface area contributed by atoms with Crippen molar-refractivity contribution < 1.29 is 22.4 Å². The summed E-state index contributed by atoms with van der Waals surface area (Å²) in [6, 6.07) is 1.58. The van der Waals surface area contributed by atoms with Crippen molar-refractivity contribution in [2.75, 3.05) is 13.1 Å². The summed E-state index contributed by atoms with van der Waals surface area (Å²) < 4.78 is 44.8. The van der Waals surface area contributed by atoms with Gasteiger partial charge in [0.2, 0.25) is 5.69 Å². The van der Waals surface area contributed by atoms with Crippen molar-refractivity contribution in [3.8, 4) is 11.3 Å². The van der Waals surface area contributed by atoms with Crippen LogP contribution in [0.5, 0.6) is 0 Å². The van der Waals surface area contributed by atoms with Gasteiger partial charge in [0.05, 0.1) is 6.54 Å². The van der Waals surface area contributed by atoms with E-state index in [2.05, 4.69) is 10.1 Å². The lowest BCUT2D eigenvalue weighted by Gasteiger charge is -2.16. The zero-order chi connectivity index (χ0) is 16.4. The largest absolute Gasteiger partial charge is 0.295 e. The second-order valence-corrected chi connectivity index (χ2v) is 5.72. The van der Waals surface area contributed by atoms with Crippen LogP contribution in [-0.4, -0.2) is 23.1 Å². The van der Waals surface area contributed by atoms with Crippen molar-refractivity contribution in [3.63, 3.8) is 0 Å². The van der Waals surface area contributed by atoms with Crippen LogP contribution in [0.4, 0.5) is 13.2 Å². The minimum Gasteiger partial charge on any atom is -0.295 e. The van der Waals surface area contributed by atoms with Gasteiger partial charge in [0.1, 0.15) is 0 Å². The lowest BCUT2D eigenvalue weighted by Crippen LogP contribution is -2.25. The number of H-pyrrole nitrogens is 1. The fourth-order valence-electron chi connectivity index (χ4n) is 2.90. The van der Waals surface area contributed by atoms with E-state index in [4.69, 9.17) is 4.63 Å². The third-order valence-corrected chi connectivity index (χ3v) is 4.06. The summed E-state index contributed by atoms with van der Waals surface area (Å²) in [6.45, 7) is 2.15. The third-order valence-electron chi connectivity index (χ3n) is 4.06. The molecule has 1 saturated heterocycles. The lowest BCUT2D eigenvalue weighted by atomic mass is 10.1.